The third-order valence-electron chi connectivity index (χ3n) is 3.70. The van der Waals surface area contributed by atoms with Crippen molar-refractivity contribution in [3.63, 3.8) is 0 Å². The Bertz CT molecular complexity index is 451. The van der Waals surface area contributed by atoms with Gasteiger partial charge in [-0.2, -0.15) is 10.4 Å². The fourth-order valence-electron chi connectivity index (χ4n) is 2.38. The zero-order valence-corrected chi connectivity index (χ0v) is 11.2. The molecular weight excluding hydrogens is 226 g/mol. The standard InChI is InChI=1S/C13H21N5/c1-3-10(2)18-12(15)11(9-14)13(16-18)17-7-5-4-6-8-17/h10H,3-8,15H2,1-2H3. The number of nitrogen functional groups attached to an aromatic ring is 1. The molecule has 0 aromatic carbocycles. The fraction of sp³-hybridized carbons (Fsp3) is 0.692. The predicted molar refractivity (Wildman–Crippen MR) is 72.4 cm³/mol. The van der Waals surface area contributed by atoms with Gasteiger partial charge in [-0.25, -0.2) is 4.68 Å². The molecule has 0 bridgehead atoms. The van der Waals surface area contributed by atoms with Gasteiger partial charge in [0.05, 0.1) is 6.04 Å². The van der Waals surface area contributed by atoms with Crippen molar-refractivity contribution in [3.8, 4) is 6.07 Å². The van der Waals surface area contributed by atoms with Crippen molar-refractivity contribution in [1.82, 2.24) is 9.78 Å². The Morgan fingerprint density at radius 3 is 2.61 bits per heavy atom. The lowest BCUT2D eigenvalue weighted by molar-refractivity contribution is 0.480. The molecule has 0 radical (unpaired) electrons. The van der Waals surface area contributed by atoms with Gasteiger partial charge in [0.2, 0.25) is 0 Å². The van der Waals surface area contributed by atoms with E-state index in [4.69, 9.17) is 5.73 Å². The van der Waals surface area contributed by atoms with Gasteiger partial charge >= 0.3 is 0 Å². The summed E-state index contributed by atoms with van der Waals surface area (Å²) >= 11 is 0. The maximum Gasteiger partial charge on any atom is 0.170 e. The van der Waals surface area contributed by atoms with Crippen LogP contribution in [0.1, 0.15) is 51.1 Å². The Hall–Kier alpha value is -1.70. The fourth-order valence-corrected chi connectivity index (χ4v) is 2.38. The highest BCUT2D eigenvalue weighted by Gasteiger charge is 2.23. The normalized spacial score (nSPS) is 17.5. The van der Waals surface area contributed by atoms with Crippen molar-refractivity contribution >= 4 is 11.6 Å². The Morgan fingerprint density at radius 1 is 1.39 bits per heavy atom. The highest BCUT2D eigenvalue weighted by Crippen LogP contribution is 2.29. The molecule has 2 heterocycles. The quantitative estimate of drug-likeness (QED) is 0.889. The van der Waals surface area contributed by atoms with Crippen LogP contribution in [0.4, 0.5) is 11.6 Å². The van der Waals surface area contributed by atoms with Gasteiger partial charge in [-0.05, 0) is 32.6 Å². The van der Waals surface area contributed by atoms with Crippen molar-refractivity contribution in [2.75, 3.05) is 23.7 Å². The third-order valence-corrected chi connectivity index (χ3v) is 3.70. The van der Waals surface area contributed by atoms with Gasteiger partial charge < -0.3 is 10.6 Å². The second-order valence-electron chi connectivity index (χ2n) is 4.95. The number of rotatable bonds is 3. The van der Waals surface area contributed by atoms with Gasteiger partial charge in [-0.15, -0.1) is 0 Å². The number of piperidine rings is 1. The summed E-state index contributed by atoms with van der Waals surface area (Å²) in [5.74, 6) is 1.28. The number of anilines is 2. The molecule has 1 aliphatic heterocycles. The minimum atomic E-state index is 0.232. The van der Waals surface area contributed by atoms with Gasteiger partial charge in [0, 0.05) is 13.1 Å². The van der Waals surface area contributed by atoms with Crippen LogP contribution in [0.2, 0.25) is 0 Å². The summed E-state index contributed by atoms with van der Waals surface area (Å²) in [6.07, 6.45) is 4.55. The lowest BCUT2D eigenvalue weighted by Crippen LogP contribution is -2.30. The van der Waals surface area contributed by atoms with E-state index in [2.05, 4.69) is 29.9 Å². The first kappa shape index (κ1) is 12.7. The highest BCUT2D eigenvalue weighted by molar-refractivity contribution is 5.65. The molecule has 0 aliphatic carbocycles. The molecule has 1 unspecified atom stereocenters. The molecule has 0 saturated carbocycles. The van der Waals surface area contributed by atoms with Crippen LogP contribution in [0.3, 0.4) is 0 Å². The first-order valence-corrected chi connectivity index (χ1v) is 6.72. The number of hydrogen-bond acceptors (Lipinski definition) is 4. The molecule has 0 amide bonds. The van der Waals surface area contributed by atoms with Crippen molar-refractivity contribution < 1.29 is 0 Å². The molecule has 18 heavy (non-hydrogen) atoms. The number of nitrogens with two attached hydrogens (primary N) is 1. The molecule has 0 spiro atoms. The average molecular weight is 247 g/mol. The summed E-state index contributed by atoms with van der Waals surface area (Å²) in [7, 11) is 0. The Morgan fingerprint density at radius 2 is 2.06 bits per heavy atom. The summed E-state index contributed by atoms with van der Waals surface area (Å²) in [4.78, 5) is 2.19. The van der Waals surface area contributed by atoms with Gasteiger partial charge in [-0.3, -0.25) is 0 Å². The molecule has 1 fully saturated rings. The summed E-state index contributed by atoms with van der Waals surface area (Å²) in [5, 5.41) is 13.9. The van der Waals surface area contributed by atoms with E-state index in [0.29, 0.717) is 11.4 Å². The largest absolute Gasteiger partial charge is 0.383 e. The lowest BCUT2D eigenvalue weighted by Gasteiger charge is -2.26. The number of nitriles is 1. The van der Waals surface area contributed by atoms with Gasteiger partial charge in [0.25, 0.3) is 0 Å². The second kappa shape index (κ2) is 5.30. The Balaban J connectivity index is 2.37. The van der Waals surface area contributed by atoms with E-state index in [1.165, 1.54) is 19.3 Å². The Labute approximate surface area is 108 Å². The van der Waals surface area contributed by atoms with Crippen LogP contribution >= 0.6 is 0 Å². The van der Waals surface area contributed by atoms with E-state index in [1.54, 1.807) is 4.68 Å². The van der Waals surface area contributed by atoms with Crippen LogP contribution < -0.4 is 10.6 Å². The van der Waals surface area contributed by atoms with Crippen LogP contribution in [-0.2, 0) is 0 Å². The highest BCUT2D eigenvalue weighted by atomic mass is 15.4. The van der Waals surface area contributed by atoms with E-state index in [0.717, 1.165) is 25.3 Å². The first-order chi connectivity index (χ1) is 8.69. The SMILES string of the molecule is CCC(C)n1nc(N2CCCCC2)c(C#N)c1N. The predicted octanol–water partition coefficient (Wildman–Crippen LogP) is 2.30. The van der Waals surface area contributed by atoms with Crippen LogP contribution in [0.5, 0.6) is 0 Å². The van der Waals surface area contributed by atoms with Crippen LogP contribution in [0.15, 0.2) is 0 Å². The van der Waals surface area contributed by atoms with E-state index in [9.17, 15) is 5.26 Å². The molecule has 1 aromatic heterocycles. The van der Waals surface area contributed by atoms with Gasteiger partial charge in [0.15, 0.2) is 5.82 Å². The average Bonchev–Trinajstić information content (AvgIpc) is 2.76. The zero-order chi connectivity index (χ0) is 13.1. The van der Waals surface area contributed by atoms with E-state index >= 15 is 0 Å². The molecular formula is C13H21N5. The molecule has 1 saturated heterocycles. The molecule has 2 N–H and O–H groups in total. The summed E-state index contributed by atoms with van der Waals surface area (Å²) in [5.41, 5.74) is 6.59. The monoisotopic (exact) mass is 247 g/mol. The number of nitrogens with zero attached hydrogens (tertiary/aromatic N) is 4. The first-order valence-electron chi connectivity index (χ1n) is 6.72. The van der Waals surface area contributed by atoms with Crippen molar-refractivity contribution in [3.05, 3.63) is 5.56 Å². The topological polar surface area (TPSA) is 70.9 Å². The van der Waals surface area contributed by atoms with Crippen LogP contribution in [0.25, 0.3) is 0 Å². The summed E-state index contributed by atoms with van der Waals surface area (Å²) in [6, 6.07) is 2.44. The summed E-state index contributed by atoms with van der Waals surface area (Å²) in [6.45, 7) is 6.13. The maximum absolute atomic E-state index is 9.29. The second-order valence-corrected chi connectivity index (χ2v) is 4.95. The van der Waals surface area contributed by atoms with Gasteiger partial charge in [0.1, 0.15) is 17.5 Å². The minimum Gasteiger partial charge on any atom is -0.383 e. The molecule has 1 aromatic rings. The van der Waals surface area contributed by atoms with E-state index < -0.39 is 0 Å². The third kappa shape index (κ3) is 2.15. The van der Waals surface area contributed by atoms with Crippen molar-refractivity contribution in [2.45, 2.75) is 45.6 Å². The zero-order valence-electron chi connectivity index (χ0n) is 11.2. The Kier molecular flexibility index (Phi) is 3.75. The minimum absolute atomic E-state index is 0.232. The smallest absolute Gasteiger partial charge is 0.170 e. The van der Waals surface area contributed by atoms with Crippen molar-refractivity contribution in [2.24, 2.45) is 0 Å². The van der Waals surface area contributed by atoms with E-state index in [-0.39, 0.29) is 6.04 Å². The molecule has 5 heteroatoms. The van der Waals surface area contributed by atoms with Crippen molar-refractivity contribution in [1.29, 1.82) is 5.26 Å². The van der Waals surface area contributed by atoms with Crippen LogP contribution in [0, 0.1) is 11.3 Å². The van der Waals surface area contributed by atoms with Crippen LogP contribution in [-0.4, -0.2) is 22.9 Å². The summed E-state index contributed by atoms with van der Waals surface area (Å²) < 4.78 is 1.79. The molecule has 1 atom stereocenters. The molecule has 5 nitrogen and oxygen atoms in total. The molecule has 98 valence electrons. The maximum atomic E-state index is 9.29. The molecule has 1 aliphatic rings. The molecule has 2 rings (SSSR count). The van der Waals surface area contributed by atoms with Gasteiger partial charge in [-0.1, -0.05) is 6.92 Å². The van der Waals surface area contributed by atoms with E-state index in [1.807, 2.05) is 0 Å². The number of hydrogen-bond donors (Lipinski definition) is 1. The number of aromatic nitrogens is 2. The lowest BCUT2D eigenvalue weighted by atomic mass is 10.1.